The Kier molecular flexibility index (Phi) is 3.52. The summed E-state index contributed by atoms with van der Waals surface area (Å²) in [5.41, 5.74) is 4.00. The smallest absolute Gasteiger partial charge is 0.220 e. The third-order valence-corrected chi connectivity index (χ3v) is 4.50. The molecule has 21 heavy (non-hydrogen) atoms. The molecule has 1 saturated carbocycles. The first-order valence-electron chi connectivity index (χ1n) is 7.86. The maximum atomic E-state index is 11.9. The Morgan fingerprint density at radius 2 is 2.05 bits per heavy atom. The minimum atomic E-state index is 0.149. The highest BCUT2D eigenvalue weighted by atomic mass is 16.1. The average Bonchev–Trinajstić information content (AvgIpc) is 3.11. The highest BCUT2D eigenvalue weighted by molar-refractivity contribution is 5.86. The quantitative estimate of drug-likeness (QED) is 0.864. The second kappa shape index (κ2) is 5.21. The first kappa shape index (κ1) is 14.2. The molecule has 1 aromatic heterocycles. The zero-order valence-corrected chi connectivity index (χ0v) is 13.1. The molecule has 0 radical (unpaired) electrons. The van der Waals surface area contributed by atoms with Gasteiger partial charge in [0.05, 0.1) is 0 Å². The fourth-order valence-electron chi connectivity index (χ4n) is 3.34. The molecule has 0 saturated heterocycles. The number of H-pyrrole nitrogens is 1. The Labute approximate surface area is 126 Å². The molecule has 1 aliphatic carbocycles. The van der Waals surface area contributed by atoms with Crippen LogP contribution in [0.25, 0.3) is 10.9 Å². The third-order valence-electron chi connectivity index (χ3n) is 4.50. The van der Waals surface area contributed by atoms with E-state index in [4.69, 9.17) is 0 Å². The van der Waals surface area contributed by atoms with E-state index < -0.39 is 0 Å². The minimum Gasteiger partial charge on any atom is -0.358 e. The van der Waals surface area contributed by atoms with Crippen LogP contribution in [0.5, 0.6) is 0 Å². The molecule has 1 fully saturated rings. The minimum absolute atomic E-state index is 0.149. The molecule has 1 aromatic carbocycles. The topological polar surface area (TPSA) is 44.9 Å². The lowest BCUT2D eigenvalue weighted by Crippen LogP contribution is -2.33. The second-order valence-corrected chi connectivity index (χ2v) is 6.83. The fourth-order valence-corrected chi connectivity index (χ4v) is 3.34. The number of hydrogen-bond donors (Lipinski definition) is 2. The molecule has 0 atom stereocenters. The van der Waals surface area contributed by atoms with Crippen molar-refractivity contribution in [2.45, 2.75) is 45.4 Å². The number of nitrogens with one attached hydrogen (secondary N) is 2. The van der Waals surface area contributed by atoms with Gasteiger partial charge in [0.15, 0.2) is 0 Å². The summed E-state index contributed by atoms with van der Waals surface area (Å²) in [5.74, 6) is 0.587. The summed E-state index contributed by atoms with van der Waals surface area (Å²) in [7, 11) is 0. The van der Waals surface area contributed by atoms with Crippen molar-refractivity contribution < 1.29 is 4.79 Å². The zero-order chi connectivity index (χ0) is 15.0. The number of carbonyl (C=O) groups is 1. The first-order valence-corrected chi connectivity index (χ1v) is 7.86. The molecule has 1 heterocycles. The maximum Gasteiger partial charge on any atom is 0.220 e. The van der Waals surface area contributed by atoms with E-state index in [1.807, 2.05) is 0 Å². The van der Waals surface area contributed by atoms with Crippen LogP contribution in [0.1, 0.15) is 44.4 Å². The summed E-state index contributed by atoms with van der Waals surface area (Å²) in [6.45, 7) is 7.07. The van der Waals surface area contributed by atoms with Gasteiger partial charge in [-0.15, -0.1) is 0 Å². The van der Waals surface area contributed by atoms with Gasteiger partial charge in [0.1, 0.15) is 0 Å². The van der Waals surface area contributed by atoms with Gasteiger partial charge in [-0.2, -0.15) is 0 Å². The SMILES string of the molecule is Cc1[nH]c2ccccc2c1C1(CNC(=O)CC(C)C)CC1. The lowest BCUT2D eigenvalue weighted by Gasteiger charge is -2.17. The largest absolute Gasteiger partial charge is 0.358 e. The normalized spacial score (nSPS) is 16.4. The highest BCUT2D eigenvalue weighted by Gasteiger charge is 2.46. The standard InChI is InChI=1S/C18H24N2O/c1-12(2)10-16(21)19-11-18(8-9-18)17-13(3)20-15-7-5-4-6-14(15)17/h4-7,12,20H,8-11H2,1-3H3,(H,19,21). The lowest BCUT2D eigenvalue weighted by atomic mass is 9.92. The van der Waals surface area contributed by atoms with Crippen LogP contribution < -0.4 is 5.32 Å². The number of aryl methyl sites for hydroxylation is 1. The summed E-state index contributed by atoms with van der Waals surface area (Å²) < 4.78 is 0. The number of benzene rings is 1. The number of para-hydroxylation sites is 1. The molecule has 112 valence electrons. The Hall–Kier alpha value is -1.77. The monoisotopic (exact) mass is 284 g/mol. The van der Waals surface area contributed by atoms with Crippen LogP contribution in [-0.4, -0.2) is 17.4 Å². The number of rotatable bonds is 5. The van der Waals surface area contributed by atoms with Gasteiger partial charge in [-0.3, -0.25) is 4.79 Å². The van der Waals surface area contributed by atoms with E-state index in [0.717, 1.165) is 19.4 Å². The van der Waals surface area contributed by atoms with Crippen LogP contribution in [0.3, 0.4) is 0 Å². The summed E-state index contributed by atoms with van der Waals surface area (Å²) in [4.78, 5) is 15.4. The maximum absolute atomic E-state index is 11.9. The van der Waals surface area contributed by atoms with Crippen LogP contribution in [0, 0.1) is 12.8 Å². The number of fused-ring (bicyclic) bond motifs is 1. The van der Waals surface area contributed by atoms with Gasteiger partial charge in [-0.1, -0.05) is 32.0 Å². The van der Waals surface area contributed by atoms with Crippen molar-refractivity contribution in [1.29, 1.82) is 0 Å². The van der Waals surface area contributed by atoms with Crippen LogP contribution in [0.2, 0.25) is 0 Å². The van der Waals surface area contributed by atoms with E-state index >= 15 is 0 Å². The molecule has 2 aromatic rings. The van der Waals surface area contributed by atoms with Gasteiger partial charge in [0, 0.05) is 35.0 Å². The predicted molar refractivity (Wildman–Crippen MR) is 86.4 cm³/mol. The van der Waals surface area contributed by atoms with Crippen molar-refractivity contribution in [3.63, 3.8) is 0 Å². The number of hydrogen-bond acceptors (Lipinski definition) is 1. The summed E-state index contributed by atoms with van der Waals surface area (Å²) in [6.07, 6.45) is 2.94. The van der Waals surface area contributed by atoms with Gasteiger partial charge < -0.3 is 10.3 Å². The van der Waals surface area contributed by atoms with Crippen molar-refractivity contribution >= 4 is 16.8 Å². The van der Waals surface area contributed by atoms with Gasteiger partial charge in [0.25, 0.3) is 0 Å². The molecule has 3 rings (SSSR count). The molecule has 0 bridgehead atoms. The van der Waals surface area contributed by atoms with Crippen molar-refractivity contribution in [2.75, 3.05) is 6.54 Å². The molecule has 3 nitrogen and oxygen atoms in total. The van der Waals surface area contributed by atoms with E-state index in [1.165, 1.54) is 22.2 Å². The van der Waals surface area contributed by atoms with Gasteiger partial charge in [-0.05, 0) is 37.3 Å². The number of amides is 1. The van der Waals surface area contributed by atoms with Gasteiger partial charge >= 0.3 is 0 Å². The molecule has 1 amide bonds. The first-order chi connectivity index (χ1) is 10.0. The summed E-state index contributed by atoms with van der Waals surface area (Å²) in [5, 5.41) is 4.45. The van der Waals surface area contributed by atoms with E-state index in [2.05, 4.69) is 55.3 Å². The van der Waals surface area contributed by atoms with E-state index in [1.54, 1.807) is 0 Å². The Morgan fingerprint density at radius 3 is 2.71 bits per heavy atom. The zero-order valence-electron chi connectivity index (χ0n) is 13.1. The second-order valence-electron chi connectivity index (χ2n) is 6.83. The highest BCUT2D eigenvalue weighted by Crippen LogP contribution is 2.51. The Morgan fingerprint density at radius 1 is 1.33 bits per heavy atom. The molecule has 3 heteroatoms. The molecule has 0 spiro atoms. The van der Waals surface area contributed by atoms with Crippen LogP contribution in [0.15, 0.2) is 24.3 Å². The number of aromatic amines is 1. The fraction of sp³-hybridized carbons (Fsp3) is 0.500. The van der Waals surface area contributed by atoms with Gasteiger partial charge in [0.2, 0.25) is 5.91 Å². The van der Waals surface area contributed by atoms with Crippen molar-refractivity contribution in [3.8, 4) is 0 Å². The van der Waals surface area contributed by atoms with E-state index in [-0.39, 0.29) is 11.3 Å². The molecule has 2 N–H and O–H groups in total. The van der Waals surface area contributed by atoms with Crippen LogP contribution >= 0.6 is 0 Å². The predicted octanol–water partition coefficient (Wildman–Crippen LogP) is 3.67. The molecular weight excluding hydrogens is 260 g/mol. The van der Waals surface area contributed by atoms with Gasteiger partial charge in [-0.25, -0.2) is 0 Å². The molecular formula is C18H24N2O. The molecule has 1 aliphatic rings. The lowest BCUT2D eigenvalue weighted by molar-refractivity contribution is -0.121. The van der Waals surface area contributed by atoms with Crippen molar-refractivity contribution in [2.24, 2.45) is 5.92 Å². The third kappa shape index (κ3) is 2.69. The number of carbonyl (C=O) groups excluding carboxylic acids is 1. The summed E-state index contributed by atoms with van der Waals surface area (Å²) >= 11 is 0. The molecule has 0 aliphatic heterocycles. The summed E-state index contributed by atoms with van der Waals surface area (Å²) in [6, 6.07) is 8.46. The average molecular weight is 284 g/mol. The van der Waals surface area contributed by atoms with Crippen molar-refractivity contribution in [3.05, 3.63) is 35.5 Å². The van der Waals surface area contributed by atoms with E-state index in [0.29, 0.717) is 12.3 Å². The molecule has 0 unspecified atom stereocenters. The van der Waals surface area contributed by atoms with Crippen LogP contribution in [-0.2, 0) is 10.2 Å². The van der Waals surface area contributed by atoms with E-state index in [9.17, 15) is 4.79 Å². The number of aromatic nitrogens is 1. The Balaban J connectivity index is 1.81. The Bertz CT molecular complexity index is 665. The van der Waals surface area contributed by atoms with Crippen LogP contribution in [0.4, 0.5) is 0 Å². The van der Waals surface area contributed by atoms with Crippen molar-refractivity contribution in [1.82, 2.24) is 10.3 Å².